The molecule has 1 heterocycles. The fourth-order valence-corrected chi connectivity index (χ4v) is 2.64. The molecule has 1 nitrogen and oxygen atoms in total. The summed E-state index contributed by atoms with van der Waals surface area (Å²) >= 11 is 18.5. The molecule has 2 rings (SSSR count). The van der Waals surface area contributed by atoms with Gasteiger partial charge in [-0.05, 0) is 43.7 Å². The third-order valence-electron chi connectivity index (χ3n) is 2.58. The van der Waals surface area contributed by atoms with Crippen LogP contribution in [0.5, 0.6) is 0 Å². The van der Waals surface area contributed by atoms with Crippen molar-refractivity contribution in [1.82, 2.24) is 0 Å². The van der Waals surface area contributed by atoms with Crippen LogP contribution in [0.1, 0.15) is 28.0 Å². The zero-order valence-corrected chi connectivity index (χ0v) is 11.7. The van der Waals surface area contributed by atoms with E-state index in [2.05, 4.69) is 0 Å². The fraction of sp³-hybridized carbons (Fsp3) is 0.231. The number of furan rings is 1. The van der Waals surface area contributed by atoms with Gasteiger partial charge in [-0.2, -0.15) is 0 Å². The highest BCUT2D eigenvalue weighted by atomic mass is 35.5. The maximum atomic E-state index is 6.42. The molecular weight excluding hydrogens is 279 g/mol. The Balaban J connectivity index is 2.46. The van der Waals surface area contributed by atoms with E-state index in [1.165, 1.54) is 0 Å². The molecule has 0 saturated heterocycles. The minimum absolute atomic E-state index is 0.348. The largest absolute Gasteiger partial charge is 0.466 e. The van der Waals surface area contributed by atoms with Crippen molar-refractivity contribution in [2.75, 3.05) is 0 Å². The summed E-state index contributed by atoms with van der Waals surface area (Å²) in [5, 5.41) is 0.874. The van der Waals surface area contributed by atoms with Gasteiger partial charge in [0.15, 0.2) is 0 Å². The van der Waals surface area contributed by atoms with Gasteiger partial charge in [0.05, 0.1) is 5.38 Å². The summed E-state index contributed by atoms with van der Waals surface area (Å²) in [5.74, 6) is 1.64. The van der Waals surface area contributed by atoms with E-state index < -0.39 is 0 Å². The Labute approximate surface area is 115 Å². The monoisotopic (exact) mass is 288 g/mol. The Morgan fingerprint density at radius 1 is 1.06 bits per heavy atom. The first-order chi connectivity index (χ1) is 7.99. The lowest BCUT2D eigenvalue weighted by Gasteiger charge is -2.11. The summed E-state index contributed by atoms with van der Waals surface area (Å²) in [5.41, 5.74) is 1.72. The first kappa shape index (κ1) is 12.8. The summed E-state index contributed by atoms with van der Waals surface area (Å²) in [6, 6.07) is 7.19. The van der Waals surface area contributed by atoms with Crippen LogP contribution in [0, 0.1) is 13.8 Å². The van der Waals surface area contributed by atoms with Crippen molar-refractivity contribution < 1.29 is 4.42 Å². The van der Waals surface area contributed by atoms with Gasteiger partial charge >= 0.3 is 0 Å². The molecule has 0 fully saturated rings. The van der Waals surface area contributed by atoms with Crippen LogP contribution in [-0.4, -0.2) is 0 Å². The van der Waals surface area contributed by atoms with Gasteiger partial charge in [-0.1, -0.05) is 23.2 Å². The van der Waals surface area contributed by atoms with E-state index in [9.17, 15) is 0 Å². The Morgan fingerprint density at radius 3 is 2.35 bits per heavy atom. The van der Waals surface area contributed by atoms with Crippen LogP contribution >= 0.6 is 34.8 Å². The molecule has 0 amide bonds. The van der Waals surface area contributed by atoms with Gasteiger partial charge in [0, 0.05) is 15.6 Å². The Bertz CT molecular complexity index is 546. The summed E-state index contributed by atoms with van der Waals surface area (Å²) < 4.78 is 5.47. The fourth-order valence-electron chi connectivity index (χ4n) is 1.78. The third kappa shape index (κ3) is 2.62. The van der Waals surface area contributed by atoms with Crippen LogP contribution in [0.2, 0.25) is 10.0 Å². The molecule has 2 aromatic rings. The van der Waals surface area contributed by atoms with Crippen LogP contribution in [0.4, 0.5) is 0 Å². The molecule has 0 radical (unpaired) electrons. The molecule has 17 heavy (non-hydrogen) atoms. The predicted molar refractivity (Wildman–Crippen MR) is 72.3 cm³/mol. The first-order valence-electron chi connectivity index (χ1n) is 5.15. The second-order valence-electron chi connectivity index (χ2n) is 3.90. The number of aryl methyl sites for hydroxylation is 2. The molecule has 0 bridgehead atoms. The van der Waals surface area contributed by atoms with Gasteiger partial charge in [0.2, 0.25) is 0 Å². The summed E-state index contributed by atoms with van der Waals surface area (Å²) in [6.45, 7) is 3.77. The maximum absolute atomic E-state index is 6.42. The first-order valence-corrected chi connectivity index (χ1v) is 6.34. The average molecular weight is 290 g/mol. The molecule has 0 aliphatic rings. The topological polar surface area (TPSA) is 13.1 Å². The van der Waals surface area contributed by atoms with Gasteiger partial charge in [0.1, 0.15) is 11.5 Å². The van der Waals surface area contributed by atoms with E-state index in [1.807, 2.05) is 19.9 Å². The lowest BCUT2D eigenvalue weighted by molar-refractivity contribution is 0.501. The van der Waals surface area contributed by atoms with Crippen molar-refractivity contribution >= 4 is 34.8 Å². The molecule has 1 atom stereocenters. The van der Waals surface area contributed by atoms with Gasteiger partial charge in [-0.25, -0.2) is 0 Å². The maximum Gasteiger partial charge on any atom is 0.106 e. The number of benzene rings is 1. The van der Waals surface area contributed by atoms with E-state index in [-0.39, 0.29) is 5.38 Å². The lowest BCUT2D eigenvalue weighted by atomic mass is 10.0. The summed E-state index contributed by atoms with van der Waals surface area (Å²) in [4.78, 5) is 0. The molecule has 1 aromatic carbocycles. The Kier molecular flexibility index (Phi) is 3.72. The van der Waals surface area contributed by atoms with Crippen LogP contribution in [0.25, 0.3) is 0 Å². The molecular formula is C13H11Cl3O. The van der Waals surface area contributed by atoms with E-state index in [0.29, 0.717) is 10.0 Å². The summed E-state index contributed by atoms with van der Waals surface area (Å²) in [6.07, 6.45) is 0. The molecule has 90 valence electrons. The van der Waals surface area contributed by atoms with Crippen molar-refractivity contribution in [3.05, 3.63) is 57.0 Å². The molecule has 0 saturated carbocycles. The van der Waals surface area contributed by atoms with Crippen molar-refractivity contribution in [2.24, 2.45) is 0 Å². The highest BCUT2D eigenvalue weighted by Gasteiger charge is 2.19. The molecule has 4 heteroatoms. The zero-order chi connectivity index (χ0) is 12.6. The summed E-state index contributed by atoms with van der Waals surface area (Å²) in [7, 11) is 0. The van der Waals surface area contributed by atoms with E-state index in [4.69, 9.17) is 39.2 Å². The van der Waals surface area contributed by atoms with Crippen LogP contribution in [0.15, 0.2) is 28.7 Å². The molecule has 0 aliphatic heterocycles. The predicted octanol–water partition coefficient (Wildman–Crippen LogP) is 5.53. The highest BCUT2D eigenvalue weighted by Crippen LogP contribution is 2.37. The van der Waals surface area contributed by atoms with Crippen molar-refractivity contribution in [3.63, 3.8) is 0 Å². The third-order valence-corrected chi connectivity index (χ3v) is 3.63. The number of alkyl halides is 1. The number of hydrogen-bond acceptors (Lipinski definition) is 1. The van der Waals surface area contributed by atoms with Crippen molar-refractivity contribution in [3.8, 4) is 0 Å². The Hall–Kier alpha value is -0.630. The Morgan fingerprint density at radius 2 is 1.76 bits per heavy atom. The minimum atomic E-state index is -0.348. The van der Waals surface area contributed by atoms with Gasteiger partial charge in [-0.3, -0.25) is 0 Å². The van der Waals surface area contributed by atoms with Crippen LogP contribution in [-0.2, 0) is 0 Å². The molecule has 0 spiro atoms. The molecule has 0 N–H and O–H groups in total. The van der Waals surface area contributed by atoms with Crippen LogP contribution in [0.3, 0.4) is 0 Å². The molecule has 1 unspecified atom stereocenters. The van der Waals surface area contributed by atoms with E-state index in [0.717, 1.165) is 22.6 Å². The lowest BCUT2D eigenvalue weighted by Crippen LogP contribution is -1.94. The molecule has 0 aliphatic carbocycles. The second-order valence-corrected chi connectivity index (χ2v) is 5.18. The smallest absolute Gasteiger partial charge is 0.106 e. The minimum Gasteiger partial charge on any atom is -0.466 e. The zero-order valence-electron chi connectivity index (χ0n) is 9.43. The standard InChI is InChI=1S/C13H11Cl3O/c1-7-5-10(8(2)17-7)13(16)11-6-9(14)3-4-12(11)15/h3-6,13H,1-2H3. The van der Waals surface area contributed by atoms with Gasteiger partial charge in [-0.15, -0.1) is 11.6 Å². The SMILES string of the molecule is Cc1cc(C(Cl)c2cc(Cl)ccc2Cl)c(C)o1. The van der Waals surface area contributed by atoms with Gasteiger partial charge < -0.3 is 4.42 Å². The number of hydrogen-bond donors (Lipinski definition) is 0. The number of rotatable bonds is 2. The van der Waals surface area contributed by atoms with E-state index in [1.54, 1.807) is 18.2 Å². The van der Waals surface area contributed by atoms with Crippen LogP contribution < -0.4 is 0 Å². The van der Waals surface area contributed by atoms with E-state index >= 15 is 0 Å². The number of halogens is 3. The van der Waals surface area contributed by atoms with Crippen molar-refractivity contribution in [1.29, 1.82) is 0 Å². The second kappa shape index (κ2) is 4.93. The molecule has 1 aromatic heterocycles. The quantitative estimate of drug-likeness (QED) is 0.662. The normalized spacial score (nSPS) is 12.8. The average Bonchev–Trinajstić information content (AvgIpc) is 2.60. The van der Waals surface area contributed by atoms with Gasteiger partial charge in [0.25, 0.3) is 0 Å². The van der Waals surface area contributed by atoms with Crippen molar-refractivity contribution in [2.45, 2.75) is 19.2 Å². The highest BCUT2D eigenvalue weighted by molar-refractivity contribution is 6.35.